The summed E-state index contributed by atoms with van der Waals surface area (Å²) >= 11 is 2.99. The van der Waals surface area contributed by atoms with Crippen molar-refractivity contribution in [2.45, 2.75) is 11.8 Å². The lowest BCUT2D eigenvalue weighted by atomic mass is 9.95. The highest BCUT2D eigenvalue weighted by Gasteiger charge is 2.64. The maximum atomic E-state index is 12.7. The average molecular weight is 296 g/mol. The van der Waals surface area contributed by atoms with Gasteiger partial charge in [0.15, 0.2) is 0 Å². The van der Waals surface area contributed by atoms with Crippen LogP contribution >= 0.6 is 15.9 Å². The number of fused-ring (bicyclic) bond motifs is 1. The van der Waals surface area contributed by atoms with Crippen molar-refractivity contribution in [3.8, 4) is 0 Å². The van der Waals surface area contributed by atoms with Crippen molar-refractivity contribution in [3.05, 3.63) is 28.2 Å². The van der Waals surface area contributed by atoms with E-state index in [2.05, 4.69) is 15.9 Å². The number of aliphatic hydroxyl groups is 1. The second-order valence-electron chi connectivity index (χ2n) is 3.35. The molecule has 7 heteroatoms. The van der Waals surface area contributed by atoms with Crippen LogP contribution in [0.3, 0.4) is 0 Å². The number of rotatable bonds is 0. The zero-order valence-corrected chi connectivity index (χ0v) is 9.19. The first-order valence-electron chi connectivity index (χ1n) is 4.17. The lowest BCUT2D eigenvalue weighted by Crippen LogP contribution is -2.47. The Morgan fingerprint density at radius 2 is 2.00 bits per heavy atom. The van der Waals surface area contributed by atoms with Crippen molar-refractivity contribution in [2.24, 2.45) is 0 Å². The molecular formula is C9H5BrF3NO2. The molecular weight excluding hydrogens is 291 g/mol. The van der Waals surface area contributed by atoms with Gasteiger partial charge in [0.05, 0.1) is 0 Å². The number of carbonyl (C=O) groups excluding carboxylic acids is 1. The Bertz CT molecular complexity index is 474. The maximum Gasteiger partial charge on any atom is 0.430 e. The van der Waals surface area contributed by atoms with Crippen LogP contribution in [-0.2, 0) is 10.4 Å². The molecule has 0 fully saturated rings. The standard InChI is InChI=1S/C9H5BrF3NO2/c10-4-1-2-6-5(3-4)8(16,7(15)14-6)9(11,12)13/h1-3,16H,(H,14,15)/t8-/m0/s1. The number of nitrogens with one attached hydrogen (secondary N) is 1. The van der Waals surface area contributed by atoms with E-state index in [0.717, 1.165) is 6.07 Å². The van der Waals surface area contributed by atoms with Crippen LogP contribution < -0.4 is 5.32 Å². The van der Waals surface area contributed by atoms with Crippen molar-refractivity contribution in [2.75, 3.05) is 5.32 Å². The van der Waals surface area contributed by atoms with Gasteiger partial charge in [-0.1, -0.05) is 15.9 Å². The van der Waals surface area contributed by atoms with E-state index in [1.807, 2.05) is 5.32 Å². The Kier molecular flexibility index (Phi) is 2.29. The quantitative estimate of drug-likeness (QED) is 0.770. The minimum absolute atomic E-state index is 0.0342. The van der Waals surface area contributed by atoms with Crippen molar-refractivity contribution < 1.29 is 23.1 Å². The largest absolute Gasteiger partial charge is 0.430 e. The van der Waals surface area contributed by atoms with Crippen LogP contribution in [0, 0.1) is 0 Å². The molecule has 2 rings (SSSR count). The average Bonchev–Trinajstić information content (AvgIpc) is 2.41. The van der Waals surface area contributed by atoms with Gasteiger partial charge < -0.3 is 10.4 Å². The minimum Gasteiger partial charge on any atom is -0.368 e. The normalized spacial score (nSPS) is 24.2. The van der Waals surface area contributed by atoms with Gasteiger partial charge in [-0.3, -0.25) is 4.79 Å². The first-order valence-corrected chi connectivity index (χ1v) is 4.96. The third kappa shape index (κ3) is 1.35. The van der Waals surface area contributed by atoms with Gasteiger partial charge in [0.2, 0.25) is 0 Å². The van der Waals surface area contributed by atoms with Crippen molar-refractivity contribution in [1.29, 1.82) is 0 Å². The Balaban J connectivity index is 2.67. The van der Waals surface area contributed by atoms with E-state index in [0.29, 0.717) is 4.47 Å². The second kappa shape index (κ2) is 3.21. The molecule has 86 valence electrons. The fourth-order valence-corrected chi connectivity index (χ4v) is 1.90. The smallest absolute Gasteiger partial charge is 0.368 e. The Hall–Kier alpha value is -1.08. The monoisotopic (exact) mass is 295 g/mol. The fourth-order valence-electron chi connectivity index (χ4n) is 1.54. The fraction of sp³-hybridized carbons (Fsp3) is 0.222. The molecule has 2 N–H and O–H groups in total. The highest BCUT2D eigenvalue weighted by atomic mass is 79.9. The molecule has 1 atom stereocenters. The summed E-state index contributed by atoms with van der Waals surface area (Å²) in [5.41, 5.74) is -3.99. The molecule has 3 nitrogen and oxygen atoms in total. The summed E-state index contributed by atoms with van der Waals surface area (Å²) in [7, 11) is 0. The maximum absolute atomic E-state index is 12.7. The minimum atomic E-state index is -5.05. The van der Waals surface area contributed by atoms with E-state index in [1.54, 1.807) is 0 Å². The molecule has 0 radical (unpaired) electrons. The summed E-state index contributed by atoms with van der Waals surface area (Å²) in [5.74, 6) is -1.48. The molecule has 0 aliphatic carbocycles. The lowest BCUT2D eigenvalue weighted by Gasteiger charge is -2.23. The molecule has 0 unspecified atom stereocenters. The number of halogens is 4. The molecule has 1 aromatic rings. The zero-order valence-electron chi connectivity index (χ0n) is 7.60. The van der Waals surface area contributed by atoms with E-state index in [9.17, 15) is 23.1 Å². The van der Waals surface area contributed by atoms with E-state index in [-0.39, 0.29) is 5.69 Å². The third-order valence-electron chi connectivity index (χ3n) is 2.36. The van der Waals surface area contributed by atoms with Crippen molar-refractivity contribution in [1.82, 2.24) is 0 Å². The van der Waals surface area contributed by atoms with Crippen LogP contribution in [0.5, 0.6) is 0 Å². The molecule has 1 aromatic carbocycles. The van der Waals surface area contributed by atoms with Crippen LogP contribution in [0.1, 0.15) is 5.56 Å². The van der Waals surface area contributed by atoms with Gasteiger partial charge in [-0.15, -0.1) is 0 Å². The van der Waals surface area contributed by atoms with Crippen LogP contribution in [0.2, 0.25) is 0 Å². The molecule has 0 aromatic heterocycles. The van der Waals surface area contributed by atoms with Gasteiger partial charge >= 0.3 is 6.18 Å². The number of hydrogen-bond donors (Lipinski definition) is 2. The Morgan fingerprint density at radius 1 is 1.38 bits per heavy atom. The highest BCUT2D eigenvalue weighted by Crippen LogP contribution is 2.47. The Morgan fingerprint density at radius 3 is 2.56 bits per heavy atom. The predicted octanol–water partition coefficient (Wildman–Crippen LogP) is 2.15. The van der Waals surface area contributed by atoms with Crippen LogP contribution in [0.25, 0.3) is 0 Å². The zero-order chi connectivity index (χ0) is 12.1. The second-order valence-corrected chi connectivity index (χ2v) is 4.27. The van der Waals surface area contributed by atoms with Crippen molar-refractivity contribution >= 4 is 27.5 Å². The van der Waals surface area contributed by atoms with Gasteiger partial charge in [0.25, 0.3) is 11.5 Å². The summed E-state index contributed by atoms with van der Waals surface area (Å²) in [6, 6.07) is 3.84. The van der Waals surface area contributed by atoms with Gasteiger partial charge in [-0.05, 0) is 18.2 Å². The van der Waals surface area contributed by atoms with Crippen LogP contribution in [0.4, 0.5) is 18.9 Å². The lowest BCUT2D eigenvalue weighted by molar-refractivity contribution is -0.252. The van der Waals surface area contributed by atoms with E-state index in [1.165, 1.54) is 12.1 Å². The Labute approximate surface area is 96.4 Å². The molecule has 0 saturated carbocycles. The molecule has 0 saturated heterocycles. The number of benzene rings is 1. The van der Waals surface area contributed by atoms with Gasteiger partial charge in [0.1, 0.15) is 0 Å². The number of carbonyl (C=O) groups is 1. The third-order valence-corrected chi connectivity index (χ3v) is 2.85. The SMILES string of the molecule is O=C1Nc2ccc(Br)cc2[C@@]1(O)C(F)(F)F. The first kappa shape index (κ1) is 11.4. The summed E-state index contributed by atoms with van der Waals surface area (Å²) in [5, 5.41) is 11.5. The molecule has 16 heavy (non-hydrogen) atoms. The summed E-state index contributed by atoms with van der Waals surface area (Å²) in [6.45, 7) is 0. The topological polar surface area (TPSA) is 49.3 Å². The summed E-state index contributed by atoms with van der Waals surface area (Å²) in [4.78, 5) is 11.2. The van der Waals surface area contributed by atoms with Gasteiger partial charge in [-0.25, -0.2) is 0 Å². The molecule has 0 spiro atoms. The number of hydrogen-bond acceptors (Lipinski definition) is 2. The van der Waals surface area contributed by atoms with Crippen LogP contribution in [-0.4, -0.2) is 17.2 Å². The highest BCUT2D eigenvalue weighted by molar-refractivity contribution is 9.10. The molecule has 1 aliphatic heterocycles. The molecule has 1 aliphatic rings. The number of anilines is 1. The molecule has 1 heterocycles. The van der Waals surface area contributed by atoms with Gasteiger partial charge in [0, 0.05) is 15.7 Å². The number of alkyl halides is 3. The van der Waals surface area contributed by atoms with E-state index < -0.39 is 23.2 Å². The van der Waals surface area contributed by atoms with Crippen molar-refractivity contribution in [3.63, 3.8) is 0 Å². The first-order chi connectivity index (χ1) is 7.26. The van der Waals surface area contributed by atoms with Gasteiger partial charge in [-0.2, -0.15) is 13.2 Å². The molecule has 1 amide bonds. The predicted molar refractivity (Wildman–Crippen MR) is 52.7 cm³/mol. The van der Waals surface area contributed by atoms with E-state index in [4.69, 9.17) is 0 Å². The summed E-state index contributed by atoms with van der Waals surface area (Å²) in [6.07, 6.45) is -5.05. The summed E-state index contributed by atoms with van der Waals surface area (Å²) < 4.78 is 38.4. The van der Waals surface area contributed by atoms with Crippen LogP contribution in [0.15, 0.2) is 22.7 Å². The molecule has 0 bridgehead atoms. The van der Waals surface area contributed by atoms with E-state index >= 15 is 0 Å². The number of amides is 1.